The summed E-state index contributed by atoms with van der Waals surface area (Å²) in [5.74, 6) is -0.368. The highest BCUT2D eigenvalue weighted by Gasteiger charge is 2.47. The normalized spacial score (nSPS) is 25.4. The molecule has 7 N–H and O–H groups in total. The molecule has 0 aromatic heterocycles. The molecule has 2 heterocycles. The fraction of sp³-hybridized carbons (Fsp3) is 0.982. The van der Waals surface area contributed by atoms with E-state index >= 15 is 0 Å². The van der Waals surface area contributed by atoms with E-state index in [0.29, 0.717) is 6.61 Å². The maximum atomic E-state index is 13.0. The Morgan fingerprint density at radius 2 is 0.757 bits per heavy atom. The van der Waals surface area contributed by atoms with Crippen molar-refractivity contribution in [1.82, 2.24) is 0 Å². The fourth-order valence-electron chi connectivity index (χ4n) is 9.64. The van der Waals surface area contributed by atoms with Crippen LogP contribution >= 0.6 is 0 Å². The van der Waals surface area contributed by atoms with E-state index in [-0.39, 0.29) is 25.6 Å². The number of aliphatic hydroxyl groups excluding tert-OH is 7. The Morgan fingerprint density at radius 1 is 0.414 bits per heavy atom. The Balaban J connectivity index is 1.70. The van der Waals surface area contributed by atoms with Gasteiger partial charge >= 0.3 is 5.97 Å². The summed E-state index contributed by atoms with van der Waals surface area (Å²) in [5, 5.41) is 72.3. The predicted octanol–water partition coefficient (Wildman–Crippen LogP) is 10.0. The van der Waals surface area contributed by atoms with E-state index in [1.807, 2.05) is 0 Å². The predicted molar refractivity (Wildman–Crippen MR) is 275 cm³/mol. The van der Waals surface area contributed by atoms with Gasteiger partial charge in [0.25, 0.3) is 0 Å². The topological polar surface area (TPSA) is 214 Å². The zero-order chi connectivity index (χ0) is 50.9. The molecule has 0 amide bonds. The molecule has 2 fully saturated rings. The summed E-state index contributed by atoms with van der Waals surface area (Å²) in [6.45, 7) is 3.76. The zero-order valence-electron chi connectivity index (χ0n) is 44.5. The zero-order valence-corrected chi connectivity index (χ0v) is 44.5. The number of hydrogen-bond acceptors (Lipinski definition) is 14. The van der Waals surface area contributed by atoms with Crippen molar-refractivity contribution in [2.24, 2.45) is 0 Å². The molecule has 2 saturated heterocycles. The van der Waals surface area contributed by atoms with Crippen LogP contribution in [0.25, 0.3) is 0 Å². The molecular weight excluding hydrogens is 897 g/mol. The Bertz CT molecular complexity index is 1170. The van der Waals surface area contributed by atoms with Crippen LogP contribution in [0.2, 0.25) is 0 Å². The number of hydrogen-bond donors (Lipinski definition) is 7. The van der Waals surface area contributed by atoms with Gasteiger partial charge in [-0.15, -0.1) is 0 Å². The highest BCUT2D eigenvalue weighted by atomic mass is 16.7. The molecule has 0 aliphatic carbocycles. The van der Waals surface area contributed by atoms with Crippen molar-refractivity contribution in [3.8, 4) is 0 Å². The molecule has 416 valence electrons. The van der Waals surface area contributed by atoms with Crippen LogP contribution in [0.5, 0.6) is 0 Å². The van der Waals surface area contributed by atoms with Crippen molar-refractivity contribution < 1.29 is 69.0 Å². The molecule has 0 spiro atoms. The minimum atomic E-state index is -1.70. The molecule has 70 heavy (non-hydrogen) atoms. The van der Waals surface area contributed by atoms with E-state index in [2.05, 4.69) is 13.8 Å². The monoisotopic (exact) mass is 1000 g/mol. The lowest BCUT2D eigenvalue weighted by Crippen LogP contribution is -2.61. The number of rotatable bonds is 48. The molecule has 14 nitrogen and oxygen atoms in total. The molecule has 0 aromatic carbocycles. The highest BCUT2D eigenvalue weighted by Crippen LogP contribution is 2.27. The Hall–Kier alpha value is -1.01. The molecule has 2 rings (SSSR count). The van der Waals surface area contributed by atoms with Gasteiger partial charge in [-0.05, 0) is 12.8 Å². The van der Waals surface area contributed by atoms with Crippen molar-refractivity contribution in [3.63, 3.8) is 0 Å². The highest BCUT2D eigenvalue weighted by molar-refractivity contribution is 5.69. The largest absolute Gasteiger partial charge is 0.457 e. The number of unbranched alkanes of at least 4 members (excludes halogenated alkanes) is 34. The minimum absolute atomic E-state index is 0.0709. The molecule has 2 aliphatic rings. The third-order valence-corrected chi connectivity index (χ3v) is 14.4. The first-order valence-electron chi connectivity index (χ1n) is 29.1. The number of carbonyl (C=O) groups is 1. The SMILES string of the molecule is CCCCCCCCCCCCCCCCCCCCCCCOCC(COC1OC(COC2OC(CO)C(O)C(O)C2O)C(O)C(O)C1O)OC(=O)CCCCCCCCCCCCCCCCC. The summed E-state index contributed by atoms with van der Waals surface area (Å²) in [4.78, 5) is 13.0. The van der Waals surface area contributed by atoms with Crippen LogP contribution in [0.4, 0.5) is 0 Å². The quantitative estimate of drug-likeness (QED) is 0.0223. The van der Waals surface area contributed by atoms with Crippen LogP contribution in [0.15, 0.2) is 0 Å². The smallest absolute Gasteiger partial charge is 0.306 e. The fourth-order valence-corrected chi connectivity index (χ4v) is 9.64. The van der Waals surface area contributed by atoms with Gasteiger partial charge in [0.2, 0.25) is 0 Å². The number of carbonyl (C=O) groups excluding carboxylic acids is 1. The summed E-state index contributed by atoms with van der Waals surface area (Å²) in [6.07, 6.45) is 30.2. The molecule has 11 atom stereocenters. The van der Waals surface area contributed by atoms with E-state index in [0.717, 1.165) is 44.9 Å². The van der Waals surface area contributed by atoms with Crippen molar-refractivity contribution in [2.75, 3.05) is 33.0 Å². The lowest BCUT2D eigenvalue weighted by atomic mass is 9.98. The Morgan fingerprint density at radius 3 is 1.16 bits per heavy atom. The maximum absolute atomic E-state index is 13.0. The lowest BCUT2D eigenvalue weighted by Gasteiger charge is -2.42. The van der Waals surface area contributed by atoms with E-state index < -0.39 is 80.7 Å². The molecule has 0 radical (unpaired) electrons. The first-order valence-corrected chi connectivity index (χ1v) is 29.1. The van der Waals surface area contributed by atoms with Gasteiger partial charge < -0.3 is 64.2 Å². The van der Waals surface area contributed by atoms with E-state index in [4.69, 9.17) is 28.4 Å². The standard InChI is InChI=1S/C56H108O14/c1-3-5-7-9-11-13-15-17-19-20-21-22-23-24-26-28-30-32-34-36-38-40-65-42-45(68-48(58)39-37-35-33-31-29-27-25-18-16-14-12-10-8-6-4-2)43-66-55-54(64)52(62)50(60)47(70-55)44-67-56-53(63)51(61)49(59)46(41-57)69-56/h45-47,49-57,59-64H,3-44H2,1-2H3. The molecule has 0 saturated carbocycles. The van der Waals surface area contributed by atoms with Crippen molar-refractivity contribution in [2.45, 2.75) is 319 Å². The molecule has 2 aliphatic heterocycles. The van der Waals surface area contributed by atoms with Crippen molar-refractivity contribution >= 4 is 5.97 Å². The van der Waals surface area contributed by atoms with Crippen molar-refractivity contribution in [1.29, 1.82) is 0 Å². The molecule has 14 heteroatoms. The van der Waals surface area contributed by atoms with Crippen LogP contribution < -0.4 is 0 Å². The maximum Gasteiger partial charge on any atom is 0.306 e. The molecule has 0 aromatic rings. The van der Waals surface area contributed by atoms with E-state index in [1.165, 1.54) is 186 Å². The summed E-state index contributed by atoms with van der Waals surface area (Å²) in [5.41, 5.74) is 0. The average molecular weight is 1010 g/mol. The second-order valence-electron chi connectivity index (χ2n) is 20.8. The second-order valence-corrected chi connectivity index (χ2v) is 20.8. The lowest BCUT2D eigenvalue weighted by molar-refractivity contribution is -0.332. The minimum Gasteiger partial charge on any atom is -0.457 e. The van der Waals surface area contributed by atoms with Gasteiger partial charge in [0, 0.05) is 13.0 Å². The van der Waals surface area contributed by atoms with Crippen LogP contribution in [0, 0.1) is 0 Å². The molecular formula is C56H108O14. The van der Waals surface area contributed by atoms with Crippen LogP contribution in [-0.2, 0) is 33.2 Å². The second kappa shape index (κ2) is 44.3. The summed E-state index contributed by atoms with van der Waals surface area (Å²) < 4.78 is 34.4. The van der Waals surface area contributed by atoms with Gasteiger partial charge in [-0.2, -0.15) is 0 Å². The van der Waals surface area contributed by atoms with Gasteiger partial charge in [-0.1, -0.05) is 232 Å². The van der Waals surface area contributed by atoms with Crippen LogP contribution in [0.1, 0.15) is 251 Å². The third-order valence-electron chi connectivity index (χ3n) is 14.4. The Kier molecular flexibility index (Phi) is 41.2. The van der Waals surface area contributed by atoms with Gasteiger partial charge in [-0.25, -0.2) is 0 Å². The number of ether oxygens (including phenoxy) is 6. The summed E-state index contributed by atoms with van der Waals surface area (Å²) in [6, 6.07) is 0. The summed E-state index contributed by atoms with van der Waals surface area (Å²) >= 11 is 0. The number of aliphatic hydroxyl groups is 7. The van der Waals surface area contributed by atoms with Crippen molar-refractivity contribution in [3.05, 3.63) is 0 Å². The van der Waals surface area contributed by atoms with Gasteiger partial charge in [0.1, 0.15) is 54.9 Å². The van der Waals surface area contributed by atoms with Crippen LogP contribution in [-0.4, -0.2) is 142 Å². The molecule has 11 unspecified atom stereocenters. The van der Waals surface area contributed by atoms with Gasteiger partial charge in [-0.3, -0.25) is 4.79 Å². The van der Waals surface area contributed by atoms with E-state index in [9.17, 15) is 40.5 Å². The Labute approximate surface area is 425 Å². The average Bonchev–Trinajstić information content (AvgIpc) is 3.36. The first-order chi connectivity index (χ1) is 34.1. The summed E-state index contributed by atoms with van der Waals surface area (Å²) in [7, 11) is 0. The van der Waals surface area contributed by atoms with Crippen LogP contribution in [0.3, 0.4) is 0 Å². The van der Waals surface area contributed by atoms with Gasteiger partial charge in [0.15, 0.2) is 12.6 Å². The first kappa shape index (κ1) is 65.1. The molecule has 0 bridgehead atoms. The third kappa shape index (κ3) is 31.0. The number of esters is 1. The van der Waals surface area contributed by atoms with Gasteiger partial charge in [0.05, 0.1) is 26.4 Å². The van der Waals surface area contributed by atoms with E-state index in [1.54, 1.807) is 0 Å².